The molecule has 0 fully saturated rings. The molecule has 0 atom stereocenters. The van der Waals surface area contributed by atoms with Gasteiger partial charge in [0.2, 0.25) is 5.88 Å². The van der Waals surface area contributed by atoms with E-state index in [1.54, 1.807) is 18.7 Å². The van der Waals surface area contributed by atoms with Crippen molar-refractivity contribution in [2.75, 3.05) is 4.90 Å². The van der Waals surface area contributed by atoms with Crippen LogP contribution in [0.3, 0.4) is 0 Å². The summed E-state index contributed by atoms with van der Waals surface area (Å²) < 4.78 is 14.7. The number of anilines is 3. The second-order valence-corrected chi connectivity index (χ2v) is 8.85. The Balaban J connectivity index is 1.49. The van der Waals surface area contributed by atoms with E-state index in [1.165, 1.54) is 0 Å². The molecule has 0 radical (unpaired) electrons. The van der Waals surface area contributed by atoms with Crippen LogP contribution in [0.25, 0.3) is 27.6 Å². The Kier molecular flexibility index (Phi) is 5.33. The van der Waals surface area contributed by atoms with E-state index in [0.29, 0.717) is 11.6 Å². The highest BCUT2D eigenvalue weighted by Crippen LogP contribution is 2.45. The molecule has 6 heteroatoms. The first-order chi connectivity index (χ1) is 18.8. The lowest BCUT2D eigenvalue weighted by atomic mass is 10.1. The normalized spacial score (nSPS) is 11.2. The third kappa shape index (κ3) is 3.94. The van der Waals surface area contributed by atoms with E-state index in [2.05, 4.69) is 51.3 Å². The molecule has 7 rings (SSSR count). The minimum atomic E-state index is 0.527. The zero-order valence-corrected chi connectivity index (χ0v) is 20.3. The molecule has 6 nitrogen and oxygen atoms in total. The van der Waals surface area contributed by atoms with Crippen LogP contribution in [0.1, 0.15) is 0 Å². The molecule has 0 N–H and O–H groups in total. The van der Waals surface area contributed by atoms with Gasteiger partial charge in [-0.05, 0) is 48.5 Å². The molecule has 7 aromatic rings. The second kappa shape index (κ2) is 9.26. The summed E-state index contributed by atoms with van der Waals surface area (Å²) in [6.45, 7) is 0. The number of hydrogen-bond donors (Lipinski definition) is 0. The Morgan fingerprint density at radius 2 is 1.55 bits per heavy atom. The van der Waals surface area contributed by atoms with Crippen LogP contribution in [0.5, 0.6) is 11.6 Å². The average Bonchev–Trinajstić information content (AvgIpc) is 3.64. The van der Waals surface area contributed by atoms with Crippen molar-refractivity contribution in [3.63, 3.8) is 0 Å². The van der Waals surface area contributed by atoms with Gasteiger partial charge in [0.15, 0.2) is 5.58 Å². The second-order valence-electron chi connectivity index (χ2n) is 8.85. The van der Waals surface area contributed by atoms with Crippen LogP contribution in [0.4, 0.5) is 17.1 Å². The molecule has 0 aliphatic rings. The Bertz CT molecular complexity index is 1850. The molecule has 4 aromatic carbocycles. The van der Waals surface area contributed by atoms with Gasteiger partial charge in [-0.15, -0.1) is 0 Å². The molecular formula is C32H22N4O2. The lowest BCUT2D eigenvalue weighted by Crippen LogP contribution is -2.11. The zero-order valence-electron chi connectivity index (χ0n) is 20.3. The number of furan rings is 1. The van der Waals surface area contributed by atoms with Crippen LogP contribution in [0, 0.1) is 0 Å². The fourth-order valence-corrected chi connectivity index (χ4v) is 4.75. The maximum Gasteiger partial charge on any atom is 0.219 e. The quantitative estimate of drug-likeness (QED) is 0.232. The number of ether oxygens (including phenoxy) is 1. The fraction of sp³-hybridized carbons (Fsp3) is 0. The van der Waals surface area contributed by atoms with E-state index in [9.17, 15) is 0 Å². The predicted molar refractivity (Wildman–Crippen MR) is 150 cm³/mol. The molecule has 0 aliphatic heterocycles. The van der Waals surface area contributed by atoms with Gasteiger partial charge in [0.05, 0.1) is 12.0 Å². The number of aromatic nitrogens is 3. The highest BCUT2D eigenvalue weighted by Gasteiger charge is 2.21. The van der Waals surface area contributed by atoms with E-state index in [1.807, 2.05) is 83.6 Å². The highest BCUT2D eigenvalue weighted by molar-refractivity contribution is 6.11. The average molecular weight is 495 g/mol. The minimum absolute atomic E-state index is 0.527. The molecule has 182 valence electrons. The van der Waals surface area contributed by atoms with Crippen LogP contribution in [-0.2, 0) is 0 Å². The van der Waals surface area contributed by atoms with Crippen LogP contribution in [0.2, 0.25) is 0 Å². The summed E-state index contributed by atoms with van der Waals surface area (Å²) in [5, 5.41) is 1.99. The molecule has 0 amide bonds. The summed E-state index contributed by atoms with van der Waals surface area (Å²) >= 11 is 0. The topological polar surface area (TPSA) is 56.3 Å². The van der Waals surface area contributed by atoms with Crippen molar-refractivity contribution in [1.82, 2.24) is 14.5 Å². The van der Waals surface area contributed by atoms with Crippen LogP contribution >= 0.6 is 0 Å². The first-order valence-corrected chi connectivity index (χ1v) is 12.3. The number of para-hydroxylation sites is 2. The maximum absolute atomic E-state index is 6.49. The number of hydrogen-bond acceptors (Lipinski definition) is 5. The smallest absolute Gasteiger partial charge is 0.219 e. The zero-order chi connectivity index (χ0) is 25.3. The van der Waals surface area contributed by atoms with Crippen molar-refractivity contribution in [3.8, 4) is 17.3 Å². The third-order valence-corrected chi connectivity index (χ3v) is 6.44. The number of fused-ring (bicyclic) bond motifs is 3. The monoisotopic (exact) mass is 494 g/mol. The molecule has 38 heavy (non-hydrogen) atoms. The van der Waals surface area contributed by atoms with Gasteiger partial charge >= 0.3 is 0 Å². The Labute approximate surface area is 219 Å². The highest BCUT2D eigenvalue weighted by atomic mass is 16.5. The van der Waals surface area contributed by atoms with Gasteiger partial charge < -0.3 is 18.6 Å². The number of rotatable bonds is 6. The standard InChI is InChI=1S/C32H22N4O2/c1-2-9-23(10-3-1)36(25-12-8-11-24(19-25)35-18-17-33-22-35)29-21-26(37-31-15-6-7-16-34-31)20-28-27-13-4-5-14-30(27)38-32(28)29/h1-22H. The number of pyridine rings is 1. The molecular weight excluding hydrogens is 472 g/mol. The van der Waals surface area contributed by atoms with Crippen molar-refractivity contribution >= 4 is 39.0 Å². The molecule has 0 spiro atoms. The first-order valence-electron chi connectivity index (χ1n) is 12.3. The van der Waals surface area contributed by atoms with E-state index in [-0.39, 0.29) is 0 Å². The minimum Gasteiger partial charge on any atom is -0.454 e. The number of nitrogens with zero attached hydrogens (tertiary/aromatic N) is 4. The van der Waals surface area contributed by atoms with Crippen LogP contribution in [0.15, 0.2) is 139 Å². The lowest BCUT2D eigenvalue weighted by molar-refractivity contribution is 0.463. The van der Waals surface area contributed by atoms with Crippen LogP contribution in [-0.4, -0.2) is 14.5 Å². The Morgan fingerprint density at radius 1 is 0.711 bits per heavy atom. The maximum atomic E-state index is 6.49. The van der Waals surface area contributed by atoms with E-state index in [4.69, 9.17) is 9.15 Å². The van der Waals surface area contributed by atoms with Gasteiger partial charge in [-0.3, -0.25) is 0 Å². The SMILES string of the molecule is c1ccc(N(c2cccc(-n3ccnc3)c2)c2cc(Oc3ccccn3)cc3c2oc2ccccc23)cc1. The molecule has 3 heterocycles. The van der Waals surface area contributed by atoms with Gasteiger partial charge in [0.1, 0.15) is 11.3 Å². The van der Waals surface area contributed by atoms with Gasteiger partial charge in [0, 0.05) is 58.6 Å². The summed E-state index contributed by atoms with van der Waals surface area (Å²) in [7, 11) is 0. The van der Waals surface area contributed by atoms with Gasteiger partial charge in [-0.25, -0.2) is 9.97 Å². The molecule has 0 bridgehead atoms. The van der Waals surface area contributed by atoms with E-state index in [0.717, 1.165) is 44.7 Å². The number of imidazole rings is 1. The van der Waals surface area contributed by atoms with E-state index >= 15 is 0 Å². The number of benzene rings is 4. The summed E-state index contributed by atoms with van der Waals surface area (Å²) in [4.78, 5) is 10.8. The molecule has 3 aromatic heterocycles. The van der Waals surface area contributed by atoms with Gasteiger partial charge in [-0.2, -0.15) is 0 Å². The first kappa shape index (κ1) is 21.9. The van der Waals surface area contributed by atoms with E-state index < -0.39 is 0 Å². The molecule has 0 aliphatic carbocycles. The van der Waals surface area contributed by atoms with Gasteiger partial charge in [-0.1, -0.05) is 48.5 Å². The molecule has 0 saturated heterocycles. The Morgan fingerprint density at radius 3 is 2.39 bits per heavy atom. The summed E-state index contributed by atoms with van der Waals surface area (Å²) in [5.41, 5.74) is 5.42. The van der Waals surface area contributed by atoms with Crippen molar-refractivity contribution in [2.24, 2.45) is 0 Å². The third-order valence-electron chi connectivity index (χ3n) is 6.44. The summed E-state index contributed by atoms with van der Waals surface area (Å²) in [6, 6.07) is 36.3. The summed E-state index contributed by atoms with van der Waals surface area (Å²) in [5.74, 6) is 1.20. The van der Waals surface area contributed by atoms with Gasteiger partial charge in [0.25, 0.3) is 0 Å². The Hall–Kier alpha value is -5.36. The fourth-order valence-electron chi connectivity index (χ4n) is 4.75. The van der Waals surface area contributed by atoms with Crippen molar-refractivity contribution in [1.29, 1.82) is 0 Å². The lowest BCUT2D eigenvalue weighted by Gasteiger charge is -2.26. The van der Waals surface area contributed by atoms with Crippen molar-refractivity contribution in [2.45, 2.75) is 0 Å². The molecule has 0 unspecified atom stereocenters. The van der Waals surface area contributed by atoms with Crippen molar-refractivity contribution in [3.05, 3.63) is 134 Å². The van der Waals surface area contributed by atoms with Crippen molar-refractivity contribution < 1.29 is 9.15 Å². The predicted octanol–water partition coefficient (Wildman–Crippen LogP) is 8.43. The van der Waals surface area contributed by atoms with Crippen LogP contribution < -0.4 is 9.64 Å². The molecule has 0 saturated carbocycles. The summed E-state index contributed by atoms with van der Waals surface area (Å²) in [6.07, 6.45) is 7.23. The largest absolute Gasteiger partial charge is 0.454 e.